The van der Waals surface area contributed by atoms with Gasteiger partial charge in [0.25, 0.3) is 0 Å². The molecule has 4 nitrogen and oxygen atoms in total. The summed E-state index contributed by atoms with van der Waals surface area (Å²) in [6, 6.07) is 6.13. The van der Waals surface area contributed by atoms with Gasteiger partial charge in [-0.3, -0.25) is 5.84 Å². The summed E-state index contributed by atoms with van der Waals surface area (Å²) in [5.74, 6) is 7.43. The maximum atomic E-state index is 6.00. The minimum atomic E-state index is -0.270. The van der Waals surface area contributed by atoms with E-state index in [1.165, 1.54) is 18.4 Å². The predicted octanol–water partition coefficient (Wildman–Crippen LogP) is 3.10. The van der Waals surface area contributed by atoms with Crippen molar-refractivity contribution in [3.05, 3.63) is 29.3 Å². The van der Waals surface area contributed by atoms with Gasteiger partial charge in [0.1, 0.15) is 5.75 Å². The van der Waals surface area contributed by atoms with Crippen LogP contribution in [-0.4, -0.2) is 19.8 Å². The van der Waals surface area contributed by atoms with Crippen molar-refractivity contribution >= 4 is 0 Å². The fourth-order valence-electron chi connectivity index (χ4n) is 3.71. The molecule has 1 fully saturated rings. The van der Waals surface area contributed by atoms with Crippen LogP contribution in [0.15, 0.2) is 18.2 Å². The number of hydrogen-bond acceptors (Lipinski definition) is 4. The second-order valence-corrected chi connectivity index (χ2v) is 6.32. The van der Waals surface area contributed by atoms with Crippen LogP contribution < -0.4 is 16.0 Å². The molecule has 1 aromatic rings. The molecule has 4 heteroatoms. The number of rotatable bonds is 5. The molecule has 3 unspecified atom stereocenters. The maximum absolute atomic E-state index is 6.00. The van der Waals surface area contributed by atoms with Gasteiger partial charge in [-0.25, -0.2) is 5.43 Å². The molecule has 3 N–H and O–H groups in total. The molecule has 1 aromatic carbocycles. The number of methoxy groups -OCH3 is 2. The lowest BCUT2D eigenvalue weighted by molar-refractivity contribution is -0.0810. The zero-order valence-electron chi connectivity index (χ0n) is 13.6. The molecule has 1 saturated carbocycles. The quantitative estimate of drug-likeness (QED) is 0.647. The van der Waals surface area contributed by atoms with Crippen molar-refractivity contribution in [2.45, 2.75) is 51.2 Å². The van der Waals surface area contributed by atoms with Gasteiger partial charge < -0.3 is 9.47 Å². The Morgan fingerprint density at radius 2 is 2.14 bits per heavy atom. The molecule has 0 bridgehead atoms. The van der Waals surface area contributed by atoms with Crippen LogP contribution in [0.3, 0.4) is 0 Å². The van der Waals surface area contributed by atoms with E-state index < -0.39 is 0 Å². The van der Waals surface area contributed by atoms with Crippen molar-refractivity contribution in [1.82, 2.24) is 5.43 Å². The van der Waals surface area contributed by atoms with E-state index in [1.54, 1.807) is 14.2 Å². The smallest absolute Gasteiger partial charge is 0.123 e. The van der Waals surface area contributed by atoms with E-state index in [1.807, 2.05) is 6.07 Å². The standard InChI is InChI=1S/C17H28N2O2/c1-12-7-8-15(20-3)14(10-12)16(19-18)17(21-4)9-5-6-13(2)11-17/h7-8,10,13,16,19H,5-6,9,11,18H2,1-4H3. The van der Waals surface area contributed by atoms with Gasteiger partial charge in [-0.2, -0.15) is 0 Å². The molecule has 1 aliphatic carbocycles. The number of nitrogens with two attached hydrogens (primary N) is 1. The average Bonchev–Trinajstić information content (AvgIpc) is 2.48. The van der Waals surface area contributed by atoms with Gasteiger partial charge in [0.05, 0.1) is 18.8 Å². The summed E-state index contributed by atoms with van der Waals surface area (Å²) in [7, 11) is 3.50. The van der Waals surface area contributed by atoms with Crippen molar-refractivity contribution < 1.29 is 9.47 Å². The SMILES string of the molecule is COc1ccc(C)cc1C(NN)C1(OC)CCCC(C)C1. The van der Waals surface area contributed by atoms with Gasteiger partial charge in [0, 0.05) is 12.7 Å². The molecule has 118 valence electrons. The summed E-state index contributed by atoms with van der Waals surface area (Å²) < 4.78 is 11.5. The van der Waals surface area contributed by atoms with E-state index in [9.17, 15) is 0 Å². The van der Waals surface area contributed by atoms with E-state index in [0.29, 0.717) is 5.92 Å². The highest BCUT2D eigenvalue weighted by molar-refractivity contribution is 5.40. The molecular weight excluding hydrogens is 264 g/mol. The van der Waals surface area contributed by atoms with Gasteiger partial charge in [-0.1, -0.05) is 37.5 Å². The molecule has 2 rings (SSSR count). The Labute approximate surface area is 128 Å². The lowest BCUT2D eigenvalue weighted by Crippen LogP contribution is -2.50. The van der Waals surface area contributed by atoms with E-state index in [4.69, 9.17) is 15.3 Å². The first-order valence-corrected chi connectivity index (χ1v) is 7.72. The minimum absolute atomic E-state index is 0.0694. The normalized spacial score (nSPS) is 27.4. The second-order valence-electron chi connectivity index (χ2n) is 6.32. The molecule has 3 atom stereocenters. The van der Waals surface area contributed by atoms with Gasteiger partial charge in [0.15, 0.2) is 0 Å². The van der Waals surface area contributed by atoms with Crippen molar-refractivity contribution in [1.29, 1.82) is 0 Å². The first kappa shape index (κ1) is 16.3. The van der Waals surface area contributed by atoms with E-state index in [0.717, 1.165) is 24.2 Å². The number of hydrazine groups is 1. The number of benzene rings is 1. The fraction of sp³-hybridized carbons (Fsp3) is 0.647. The number of hydrogen-bond donors (Lipinski definition) is 2. The molecule has 0 radical (unpaired) electrons. The highest BCUT2D eigenvalue weighted by Crippen LogP contribution is 2.45. The van der Waals surface area contributed by atoms with Gasteiger partial charge in [-0.15, -0.1) is 0 Å². The van der Waals surface area contributed by atoms with Crippen LogP contribution in [0, 0.1) is 12.8 Å². The third-order valence-corrected chi connectivity index (χ3v) is 4.79. The molecule has 0 aromatic heterocycles. The largest absolute Gasteiger partial charge is 0.496 e. The molecule has 0 aliphatic heterocycles. The van der Waals surface area contributed by atoms with E-state index in [2.05, 4.69) is 31.4 Å². The van der Waals surface area contributed by atoms with Crippen LogP contribution >= 0.6 is 0 Å². The average molecular weight is 292 g/mol. The van der Waals surface area contributed by atoms with Crippen molar-refractivity contribution in [3.8, 4) is 5.75 Å². The third kappa shape index (κ3) is 3.23. The summed E-state index contributed by atoms with van der Waals surface area (Å²) in [6.45, 7) is 4.37. The van der Waals surface area contributed by atoms with Gasteiger partial charge >= 0.3 is 0 Å². The molecule has 0 heterocycles. The Morgan fingerprint density at radius 1 is 1.38 bits per heavy atom. The van der Waals surface area contributed by atoms with Crippen molar-refractivity contribution in [2.75, 3.05) is 14.2 Å². The van der Waals surface area contributed by atoms with Crippen molar-refractivity contribution in [2.24, 2.45) is 11.8 Å². The molecule has 21 heavy (non-hydrogen) atoms. The number of ether oxygens (including phenoxy) is 2. The van der Waals surface area contributed by atoms with Crippen molar-refractivity contribution in [3.63, 3.8) is 0 Å². The Hall–Kier alpha value is -1.10. The second kappa shape index (κ2) is 6.77. The fourth-order valence-corrected chi connectivity index (χ4v) is 3.71. The molecule has 0 spiro atoms. The zero-order chi connectivity index (χ0) is 15.5. The van der Waals surface area contributed by atoms with Crippen LogP contribution in [-0.2, 0) is 4.74 Å². The first-order valence-electron chi connectivity index (χ1n) is 7.72. The molecular formula is C17H28N2O2. The summed E-state index contributed by atoms with van der Waals surface area (Å²) in [4.78, 5) is 0. The lowest BCUT2D eigenvalue weighted by Gasteiger charge is -2.44. The first-order chi connectivity index (χ1) is 10.1. The Morgan fingerprint density at radius 3 is 2.71 bits per heavy atom. The summed E-state index contributed by atoms with van der Waals surface area (Å²) in [5.41, 5.74) is 5.00. The highest BCUT2D eigenvalue weighted by Gasteiger charge is 2.43. The highest BCUT2D eigenvalue weighted by atomic mass is 16.5. The lowest BCUT2D eigenvalue weighted by atomic mass is 9.72. The van der Waals surface area contributed by atoms with Crippen LogP contribution in [0.4, 0.5) is 0 Å². The number of aryl methyl sites for hydroxylation is 1. The third-order valence-electron chi connectivity index (χ3n) is 4.79. The Kier molecular flexibility index (Phi) is 5.25. The predicted molar refractivity (Wildman–Crippen MR) is 85.2 cm³/mol. The van der Waals surface area contributed by atoms with Gasteiger partial charge in [0.2, 0.25) is 0 Å². The van der Waals surface area contributed by atoms with E-state index in [-0.39, 0.29) is 11.6 Å². The van der Waals surface area contributed by atoms with Crippen LogP contribution in [0.1, 0.15) is 49.8 Å². The number of nitrogens with one attached hydrogen (secondary N) is 1. The minimum Gasteiger partial charge on any atom is -0.496 e. The molecule has 0 amide bonds. The molecule has 1 aliphatic rings. The Balaban J connectivity index is 2.44. The molecule has 0 saturated heterocycles. The van der Waals surface area contributed by atoms with Crippen LogP contribution in [0.25, 0.3) is 0 Å². The Bertz CT molecular complexity index is 478. The summed E-state index contributed by atoms with van der Waals surface area (Å²) in [5, 5.41) is 0. The summed E-state index contributed by atoms with van der Waals surface area (Å²) in [6.07, 6.45) is 4.45. The summed E-state index contributed by atoms with van der Waals surface area (Å²) >= 11 is 0. The maximum Gasteiger partial charge on any atom is 0.123 e. The monoisotopic (exact) mass is 292 g/mol. The van der Waals surface area contributed by atoms with Crippen LogP contribution in [0.5, 0.6) is 5.75 Å². The van der Waals surface area contributed by atoms with Crippen LogP contribution in [0.2, 0.25) is 0 Å². The van der Waals surface area contributed by atoms with E-state index >= 15 is 0 Å². The zero-order valence-corrected chi connectivity index (χ0v) is 13.6. The van der Waals surface area contributed by atoms with Gasteiger partial charge in [-0.05, 0) is 31.7 Å². The topological polar surface area (TPSA) is 56.5 Å².